The molecular weight excluding hydrogens is 204 g/mol. The zero-order valence-corrected chi connectivity index (χ0v) is 9.02. The number of hydrogen-bond acceptors (Lipinski definition) is 3. The van der Waals surface area contributed by atoms with Crippen molar-refractivity contribution in [1.82, 2.24) is 5.32 Å². The Morgan fingerprint density at radius 3 is 2.88 bits per heavy atom. The first-order valence-corrected chi connectivity index (χ1v) is 5.48. The molecule has 1 atom stereocenters. The van der Waals surface area contributed by atoms with Gasteiger partial charge in [0.15, 0.2) is 0 Å². The number of rotatable bonds is 5. The zero-order valence-electron chi connectivity index (χ0n) is 9.02. The Hall–Kier alpha value is -1.55. The number of nitrogens with one attached hydrogen (secondary N) is 1. The van der Waals surface area contributed by atoms with Crippen molar-refractivity contribution in [2.45, 2.75) is 18.9 Å². The first-order chi connectivity index (χ1) is 7.66. The van der Waals surface area contributed by atoms with Crippen molar-refractivity contribution in [3.63, 3.8) is 0 Å². The smallest absolute Gasteiger partial charge is 0.239 e. The van der Waals surface area contributed by atoms with Crippen molar-refractivity contribution in [1.29, 1.82) is 0 Å². The molecule has 0 saturated heterocycles. The highest BCUT2D eigenvalue weighted by molar-refractivity contribution is 5.81. The van der Waals surface area contributed by atoms with E-state index in [1.807, 2.05) is 0 Å². The van der Waals surface area contributed by atoms with Gasteiger partial charge in [-0.2, -0.15) is 0 Å². The van der Waals surface area contributed by atoms with Gasteiger partial charge in [0.1, 0.15) is 11.8 Å². The molecule has 1 saturated carbocycles. The molecule has 86 valence electrons. The predicted octanol–water partition coefficient (Wildman–Crippen LogP) is 0.918. The first-order valence-electron chi connectivity index (χ1n) is 5.48. The van der Waals surface area contributed by atoms with Crippen LogP contribution in [0.2, 0.25) is 0 Å². The molecule has 0 heterocycles. The molecule has 4 heteroatoms. The normalized spacial score (nSPS) is 17.0. The number of aromatic hydroxyl groups is 1. The number of primary amides is 1. The number of hydrogen-bond donors (Lipinski definition) is 3. The van der Waals surface area contributed by atoms with Crippen LogP contribution in [0.5, 0.6) is 5.75 Å². The van der Waals surface area contributed by atoms with Crippen LogP contribution in [0.3, 0.4) is 0 Å². The van der Waals surface area contributed by atoms with Crippen molar-refractivity contribution in [2.75, 3.05) is 6.54 Å². The number of amides is 1. The minimum Gasteiger partial charge on any atom is -0.508 e. The van der Waals surface area contributed by atoms with Gasteiger partial charge in [-0.25, -0.2) is 0 Å². The molecule has 4 N–H and O–H groups in total. The summed E-state index contributed by atoms with van der Waals surface area (Å²) in [6.45, 7) is 0.809. The maximum atomic E-state index is 11.3. The van der Waals surface area contributed by atoms with E-state index in [1.165, 1.54) is 12.8 Å². The quantitative estimate of drug-likeness (QED) is 0.690. The Bertz CT molecular complexity index is 388. The molecule has 0 bridgehead atoms. The highest BCUT2D eigenvalue weighted by Crippen LogP contribution is 2.28. The summed E-state index contributed by atoms with van der Waals surface area (Å²) < 4.78 is 0. The molecule has 1 amide bonds. The van der Waals surface area contributed by atoms with Crippen LogP contribution < -0.4 is 11.1 Å². The van der Waals surface area contributed by atoms with Gasteiger partial charge in [-0.1, -0.05) is 12.1 Å². The monoisotopic (exact) mass is 220 g/mol. The third kappa shape index (κ3) is 2.73. The van der Waals surface area contributed by atoms with E-state index in [0.717, 1.165) is 6.54 Å². The van der Waals surface area contributed by atoms with E-state index in [1.54, 1.807) is 24.3 Å². The number of nitrogens with two attached hydrogens (primary N) is 1. The number of phenolic OH excluding ortho intramolecular Hbond substituents is 1. The largest absolute Gasteiger partial charge is 0.508 e. The van der Waals surface area contributed by atoms with E-state index in [-0.39, 0.29) is 5.75 Å². The number of benzene rings is 1. The number of carbonyl (C=O) groups is 1. The summed E-state index contributed by atoms with van der Waals surface area (Å²) >= 11 is 0. The second kappa shape index (κ2) is 4.53. The van der Waals surface area contributed by atoms with Crippen LogP contribution in [-0.2, 0) is 4.79 Å². The Morgan fingerprint density at radius 2 is 2.31 bits per heavy atom. The minimum absolute atomic E-state index is 0.150. The molecule has 4 nitrogen and oxygen atoms in total. The van der Waals surface area contributed by atoms with Gasteiger partial charge < -0.3 is 16.2 Å². The van der Waals surface area contributed by atoms with Crippen LogP contribution >= 0.6 is 0 Å². The second-order valence-corrected chi connectivity index (χ2v) is 4.28. The maximum absolute atomic E-state index is 11.3. The fourth-order valence-electron chi connectivity index (χ4n) is 1.69. The zero-order chi connectivity index (χ0) is 11.5. The van der Waals surface area contributed by atoms with Crippen molar-refractivity contribution >= 4 is 5.91 Å². The van der Waals surface area contributed by atoms with E-state index in [4.69, 9.17) is 5.73 Å². The van der Waals surface area contributed by atoms with Gasteiger partial charge in [-0.3, -0.25) is 4.79 Å². The summed E-state index contributed by atoms with van der Waals surface area (Å²) in [5.41, 5.74) is 6.06. The van der Waals surface area contributed by atoms with E-state index >= 15 is 0 Å². The minimum atomic E-state index is -0.507. The van der Waals surface area contributed by atoms with E-state index in [9.17, 15) is 9.90 Å². The molecule has 1 fully saturated rings. The molecule has 1 aromatic carbocycles. The SMILES string of the molecule is NC(=O)C(NCC1CC1)c1cccc(O)c1. The Balaban J connectivity index is 2.07. The molecule has 1 aliphatic rings. The highest BCUT2D eigenvalue weighted by Gasteiger charge is 2.24. The highest BCUT2D eigenvalue weighted by atomic mass is 16.3. The van der Waals surface area contributed by atoms with Gasteiger partial charge in [0.05, 0.1) is 0 Å². The third-order valence-electron chi connectivity index (χ3n) is 2.80. The fraction of sp³-hybridized carbons (Fsp3) is 0.417. The van der Waals surface area contributed by atoms with E-state index in [2.05, 4.69) is 5.32 Å². The van der Waals surface area contributed by atoms with Crippen LogP contribution in [0.4, 0.5) is 0 Å². The first kappa shape index (κ1) is 11.0. The van der Waals surface area contributed by atoms with Crippen molar-refractivity contribution in [2.24, 2.45) is 11.7 Å². The number of phenols is 1. The number of carbonyl (C=O) groups excluding carboxylic acids is 1. The summed E-state index contributed by atoms with van der Waals surface area (Å²) in [6.07, 6.45) is 2.44. The summed E-state index contributed by atoms with van der Waals surface area (Å²) in [4.78, 5) is 11.3. The van der Waals surface area contributed by atoms with Gasteiger partial charge in [0.25, 0.3) is 0 Å². The van der Waals surface area contributed by atoms with Crippen LogP contribution in [-0.4, -0.2) is 17.6 Å². The van der Waals surface area contributed by atoms with Crippen LogP contribution in [0, 0.1) is 5.92 Å². The molecule has 1 aromatic rings. The predicted molar refractivity (Wildman–Crippen MR) is 60.8 cm³/mol. The average Bonchev–Trinajstić information content (AvgIpc) is 3.01. The Labute approximate surface area is 94.5 Å². The van der Waals surface area contributed by atoms with Crippen molar-refractivity contribution < 1.29 is 9.90 Å². The van der Waals surface area contributed by atoms with Gasteiger partial charge in [0, 0.05) is 0 Å². The summed E-state index contributed by atoms with van der Waals surface area (Å²) in [7, 11) is 0. The van der Waals surface area contributed by atoms with Crippen LogP contribution in [0.15, 0.2) is 24.3 Å². The molecule has 0 aromatic heterocycles. The standard InChI is InChI=1S/C12H16N2O2/c13-12(16)11(14-7-8-4-5-8)9-2-1-3-10(15)6-9/h1-3,6,8,11,14-15H,4-5,7H2,(H2,13,16). The molecule has 16 heavy (non-hydrogen) atoms. The summed E-state index contributed by atoms with van der Waals surface area (Å²) in [6, 6.07) is 6.12. The lowest BCUT2D eigenvalue weighted by Gasteiger charge is -2.15. The third-order valence-corrected chi connectivity index (χ3v) is 2.80. The topological polar surface area (TPSA) is 75.4 Å². The Morgan fingerprint density at radius 1 is 1.56 bits per heavy atom. The molecular formula is C12H16N2O2. The molecule has 0 aliphatic heterocycles. The van der Waals surface area contributed by atoms with Gasteiger partial charge in [-0.15, -0.1) is 0 Å². The molecule has 2 rings (SSSR count). The van der Waals surface area contributed by atoms with Gasteiger partial charge in [0.2, 0.25) is 5.91 Å². The molecule has 0 spiro atoms. The van der Waals surface area contributed by atoms with Crippen LogP contribution in [0.25, 0.3) is 0 Å². The van der Waals surface area contributed by atoms with E-state index in [0.29, 0.717) is 11.5 Å². The van der Waals surface area contributed by atoms with Crippen molar-refractivity contribution in [3.05, 3.63) is 29.8 Å². The fourth-order valence-corrected chi connectivity index (χ4v) is 1.69. The van der Waals surface area contributed by atoms with Crippen LogP contribution in [0.1, 0.15) is 24.4 Å². The maximum Gasteiger partial charge on any atom is 0.239 e. The molecule has 1 aliphatic carbocycles. The lowest BCUT2D eigenvalue weighted by molar-refractivity contribution is -0.120. The lowest BCUT2D eigenvalue weighted by Crippen LogP contribution is -2.34. The lowest BCUT2D eigenvalue weighted by atomic mass is 10.1. The van der Waals surface area contributed by atoms with Gasteiger partial charge in [-0.05, 0) is 43.0 Å². The molecule has 0 radical (unpaired) electrons. The van der Waals surface area contributed by atoms with E-state index < -0.39 is 11.9 Å². The van der Waals surface area contributed by atoms with Gasteiger partial charge >= 0.3 is 0 Å². The summed E-state index contributed by atoms with van der Waals surface area (Å²) in [5, 5.41) is 12.5. The molecule has 1 unspecified atom stereocenters. The second-order valence-electron chi connectivity index (χ2n) is 4.28. The average molecular weight is 220 g/mol. The van der Waals surface area contributed by atoms with Crippen molar-refractivity contribution in [3.8, 4) is 5.75 Å². The summed E-state index contributed by atoms with van der Waals surface area (Å²) in [5.74, 6) is 0.419. The Kier molecular flexibility index (Phi) is 3.10.